The number of nitrogens with two attached hydrogens (primary N) is 1. The number of ether oxygens (including phenoxy) is 2. The third-order valence-electron chi connectivity index (χ3n) is 3.04. The van der Waals surface area contributed by atoms with Crippen LogP contribution in [0.15, 0.2) is 35.0 Å². The highest BCUT2D eigenvalue weighted by atomic mass is 32.1. The van der Waals surface area contributed by atoms with E-state index < -0.39 is 0 Å². The van der Waals surface area contributed by atoms with Crippen molar-refractivity contribution < 1.29 is 9.47 Å². The van der Waals surface area contributed by atoms with Crippen LogP contribution in [0.3, 0.4) is 0 Å². The van der Waals surface area contributed by atoms with Crippen LogP contribution in [0.2, 0.25) is 0 Å². The van der Waals surface area contributed by atoms with Crippen LogP contribution >= 0.6 is 11.3 Å². The van der Waals surface area contributed by atoms with Crippen molar-refractivity contribution in [2.75, 3.05) is 14.2 Å². The van der Waals surface area contributed by atoms with Gasteiger partial charge in [-0.25, -0.2) is 0 Å². The molecule has 0 fully saturated rings. The van der Waals surface area contributed by atoms with E-state index in [0.29, 0.717) is 0 Å². The number of hydrazine groups is 1. The van der Waals surface area contributed by atoms with Crippen molar-refractivity contribution in [3.63, 3.8) is 0 Å². The van der Waals surface area contributed by atoms with Gasteiger partial charge in [-0.1, -0.05) is 6.07 Å². The lowest BCUT2D eigenvalue weighted by Crippen LogP contribution is -2.30. The summed E-state index contributed by atoms with van der Waals surface area (Å²) in [4.78, 5) is 0. The molecule has 1 unspecified atom stereocenters. The molecule has 1 atom stereocenters. The maximum absolute atomic E-state index is 5.71. The quantitative estimate of drug-likeness (QED) is 0.630. The van der Waals surface area contributed by atoms with Gasteiger partial charge in [0.1, 0.15) is 11.5 Å². The zero-order valence-electron chi connectivity index (χ0n) is 11.1. The highest BCUT2D eigenvalue weighted by molar-refractivity contribution is 7.07. The van der Waals surface area contributed by atoms with Gasteiger partial charge in [-0.15, -0.1) is 0 Å². The van der Waals surface area contributed by atoms with Crippen LogP contribution in [0, 0.1) is 0 Å². The Bertz CT molecular complexity index is 492. The molecule has 0 saturated carbocycles. The molecule has 0 amide bonds. The smallest absolute Gasteiger partial charge is 0.127 e. The van der Waals surface area contributed by atoms with Crippen LogP contribution in [0.5, 0.6) is 11.5 Å². The van der Waals surface area contributed by atoms with Crippen molar-refractivity contribution in [2.24, 2.45) is 5.84 Å². The average molecular weight is 278 g/mol. The maximum atomic E-state index is 5.71. The number of benzene rings is 1. The minimum Gasteiger partial charge on any atom is -0.496 e. The number of methoxy groups -OCH3 is 2. The lowest BCUT2D eigenvalue weighted by atomic mass is 9.99. The molecule has 102 valence electrons. The van der Waals surface area contributed by atoms with Crippen LogP contribution in [0.25, 0.3) is 0 Å². The van der Waals surface area contributed by atoms with Crippen molar-refractivity contribution >= 4 is 11.3 Å². The summed E-state index contributed by atoms with van der Waals surface area (Å²) in [5.41, 5.74) is 5.03. The second kappa shape index (κ2) is 6.56. The van der Waals surface area contributed by atoms with E-state index in [9.17, 15) is 0 Å². The topological polar surface area (TPSA) is 56.5 Å². The first-order chi connectivity index (χ1) is 9.30. The number of rotatable bonds is 6. The fourth-order valence-corrected chi connectivity index (χ4v) is 2.79. The molecule has 1 heterocycles. The van der Waals surface area contributed by atoms with Crippen LogP contribution in [0.4, 0.5) is 0 Å². The molecule has 0 aliphatic heterocycles. The predicted octanol–water partition coefficient (Wildman–Crippen LogP) is 2.51. The zero-order valence-corrected chi connectivity index (χ0v) is 11.9. The lowest BCUT2D eigenvalue weighted by molar-refractivity contribution is 0.370. The van der Waals surface area contributed by atoms with Crippen molar-refractivity contribution in [1.82, 2.24) is 5.43 Å². The number of hydrogen-bond donors (Lipinski definition) is 2. The van der Waals surface area contributed by atoms with Crippen LogP contribution in [-0.2, 0) is 6.42 Å². The van der Waals surface area contributed by atoms with E-state index in [2.05, 4.69) is 22.3 Å². The summed E-state index contributed by atoms with van der Waals surface area (Å²) in [7, 11) is 3.30. The van der Waals surface area contributed by atoms with Crippen LogP contribution in [-0.4, -0.2) is 14.2 Å². The summed E-state index contributed by atoms with van der Waals surface area (Å²) < 4.78 is 10.8. The first-order valence-corrected chi connectivity index (χ1v) is 6.92. The Hall–Kier alpha value is -1.56. The van der Waals surface area contributed by atoms with Gasteiger partial charge in [0.05, 0.1) is 25.8 Å². The molecule has 5 heteroatoms. The van der Waals surface area contributed by atoms with Gasteiger partial charge in [-0.2, -0.15) is 11.3 Å². The molecule has 0 saturated heterocycles. The van der Waals surface area contributed by atoms with Gasteiger partial charge in [0.25, 0.3) is 0 Å². The van der Waals surface area contributed by atoms with Gasteiger partial charge in [0, 0.05) is 0 Å². The molecular weight excluding hydrogens is 260 g/mol. The fourth-order valence-electron chi connectivity index (χ4n) is 2.11. The first-order valence-electron chi connectivity index (χ1n) is 5.98. The third kappa shape index (κ3) is 3.07. The standard InChI is InChI=1S/C14H18N2O2S/c1-17-12-4-3-5-13(18-2)14(12)11(16-15)8-10-6-7-19-9-10/h3-7,9,11,16H,8,15H2,1-2H3. The lowest BCUT2D eigenvalue weighted by Gasteiger charge is -2.21. The third-order valence-corrected chi connectivity index (χ3v) is 3.77. The Morgan fingerprint density at radius 3 is 2.37 bits per heavy atom. The minimum absolute atomic E-state index is 0.0549. The van der Waals surface area contributed by atoms with Gasteiger partial charge in [0.15, 0.2) is 0 Å². The monoisotopic (exact) mass is 278 g/mol. The van der Waals surface area contributed by atoms with Gasteiger partial charge in [-0.05, 0) is 40.9 Å². The Morgan fingerprint density at radius 1 is 1.21 bits per heavy atom. The molecular formula is C14H18N2O2S. The summed E-state index contributed by atoms with van der Waals surface area (Å²) >= 11 is 1.68. The van der Waals surface area contributed by atoms with E-state index in [4.69, 9.17) is 15.3 Å². The number of thiophene rings is 1. The van der Waals surface area contributed by atoms with Crippen molar-refractivity contribution in [2.45, 2.75) is 12.5 Å². The molecule has 4 nitrogen and oxygen atoms in total. The van der Waals surface area contributed by atoms with Crippen molar-refractivity contribution in [3.8, 4) is 11.5 Å². The van der Waals surface area contributed by atoms with Gasteiger partial charge < -0.3 is 9.47 Å². The maximum Gasteiger partial charge on any atom is 0.127 e. The largest absolute Gasteiger partial charge is 0.496 e. The van der Waals surface area contributed by atoms with Crippen LogP contribution < -0.4 is 20.7 Å². The van der Waals surface area contributed by atoms with Gasteiger partial charge in [0.2, 0.25) is 0 Å². The molecule has 2 rings (SSSR count). The molecule has 3 N–H and O–H groups in total. The zero-order chi connectivity index (χ0) is 13.7. The summed E-state index contributed by atoms with van der Waals surface area (Å²) in [5, 5.41) is 4.18. The number of nitrogens with one attached hydrogen (secondary N) is 1. The summed E-state index contributed by atoms with van der Waals surface area (Å²) in [5.74, 6) is 7.26. The minimum atomic E-state index is -0.0549. The molecule has 0 aliphatic carbocycles. The Balaban J connectivity index is 2.36. The van der Waals surface area contributed by atoms with Crippen LogP contribution in [0.1, 0.15) is 17.2 Å². The highest BCUT2D eigenvalue weighted by Crippen LogP contribution is 2.35. The Kier molecular flexibility index (Phi) is 4.79. The highest BCUT2D eigenvalue weighted by Gasteiger charge is 2.20. The van der Waals surface area contributed by atoms with E-state index in [1.807, 2.05) is 18.2 Å². The molecule has 19 heavy (non-hydrogen) atoms. The molecule has 0 radical (unpaired) electrons. The Labute approximate surface area is 117 Å². The second-order valence-corrected chi connectivity index (χ2v) is 4.91. The SMILES string of the molecule is COc1cccc(OC)c1C(Cc1ccsc1)NN. The van der Waals surface area contributed by atoms with E-state index in [0.717, 1.165) is 23.5 Å². The molecule has 2 aromatic rings. The number of hydrogen-bond acceptors (Lipinski definition) is 5. The summed E-state index contributed by atoms with van der Waals surface area (Å²) in [6, 6.07) is 7.77. The normalized spacial score (nSPS) is 12.2. The van der Waals surface area contributed by atoms with Crippen molar-refractivity contribution in [3.05, 3.63) is 46.2 Å². The van der Waals surface area contributed by atoms with Crippen molar-refractivity contribution in [1.29, 1.82) is 0 Å². The molecule has 1 aromatic heterocycles. The average Bonchev–Trinajstić information content (AvgIpc) is 2.97. The van der Waals surface area contributed by atoms with E-state index in [-0.39, 0.29) is 6.04 Å². The van der Waals surface area contributed by atoms with E-state index >= 15 is 0 Å². The molecule has 0 bridgehead atoms. The predicted molar refractivity (Wildman–Crippen MR) is 77.6 cm³/mol. The molecule has 0 aliphatic rings. The van der Waals surface area contributed by atoms with Gasteiger partial charge in [-0.3, -0.25) is 11.3 Å². The molecule has 1 aromatic carbocycles. The van der Waals surface area contributed by atoms with Gasteiger partial charge >= 0.3 is 0 Å². The van der Waals surface area contributed by atoms with E-state index in [1.54, 1.807) is 25.6 Å². The summed E-state index contributed by atoms with van der Waals surface area (Å²) in [6.07, 6.45) is 0.788. The Morgan fingerprint density at radius 2 is 1.89 bits per heavy atom. The fraction of sp³-hybridized carbons (Fsp3) is 0.286. The van der Waals surface area contributed by atoms with E-state index in [1.165, 1.54) is 5.56 Å². The molecule has 0 spiro atoms. The first kappa shape index (κ1) is 13.9. The second-order valence-electron chi connectivity index (χ2n) is 4.13. The summed E-state index contributed by atoms with van der Waals surface area (Å²) in [6.45, 7) is 0.